The first-order valence-electron chi connectivity index (χ1n) is 7.35. The van der Waals surface area contributed by atoms with E-state index in [4.69, 9.17) is 9.47 Å². The van der Waals surface area contributed by atoms with Crippen LogP contribution < -0.4 is 10.1 Å². The highest BCUT2D eigenvalue weighted by atomic mass is 16.6. The van der Waals surface area contributed by atoms with Crippen LogP contribution in [0.2, 0.25) is 0 Å². The largest absolute Gasteiger partial charge is 0.479 e. The van der Waals surface area contributed by atoms with Crippen LogP contribution in [0.4, 0.5) is 0 Å². The zero-order valence-corrected chi connectivity index (χ0v) is 12.4. The van der Waals surface area contributed by atoms with E-state index < -0.39 is 6.10 Å². The summed E-state index contributed by atoms with van der Waals surface area (Å²) in [5.41, 5.74) is 2.51. The molecule has 0 heterocycles. The van der Waals surface area contributed by atoms with Gasteiger partial charge in [-0.2, -0.15) is 0 Å². The second-order valence-corrected chi connectivity index (χ2v) is 4.98. The molecule has 0 bridgehead atoms. The Kier molecular flexibility index (Phi) is 5.01. The molecule has 2 atom stereocenters. The number of nitrogens with one attached hydrogen (secondary N) is 1. The lowest BCUT2D eigenvalue weighted by Gasteiger charge is -2.17. The topological polar surface area (TPSA) is 47.6 Å². The Labute approximate surface area is 120 Å². The Morgan fingerprint density at radius 1 is 1.45 bits per heavy atom. The molecule has 0 saturated heterocycles. The summed E-state index contributed by atoms with van der Waals surface area (Å²) < 4.78 is 10.8. The maximum atomic E-state index is 11.7. The van der Waals surface area contributed by atoms with Crippen LogP contribution in [0.3, 0.4) is 0 Å². The van der Waals surface area contributed by atoms with Crippen molar-refractivity contribution in [3.63, 3.8) is 0 Å². The smallest absolute Gasteiger partial charge is 0.347 e. The fourth-order valence-electron chi connectivity index (χ4n) is 2.69. The van der Waals surface area contributed by atoms with Crippen LogP contribution >= 0.6 is 0 Å². The molecule has 1 N–H and O–H groups in total. The molecule has 110 valence electrons. The minimum absolute atomic E-state index is 0.314. The number of benzene rings is 1. The summed E-state index contributed by atoms with van der Waals surface area (Å²) in [4.78, 5) is 11.7. The van der Waals surface area contributed by atoms with Gasteiger partial charge in [-0.1, -0.05) is 19.1 Å². The average Bonchev–Trinajstić information content (AvgIpc) is 2.84. The average molecular weight is 277 g/mol. The second kappa shape index (κ2) is 6.75. The second-order valence-electron chi connectivity index (χ2n) is 4.98. The van der Waals surface area contributed by atoms with Gasteiger partial charge < -0.3 is 14.8 Å². The lowest BCUT2D eigenvalue weighted by molar-refractivity contribution is -0.150. The third-order valence-corrected chi connectivity index (χ3v) is 3.60. The predicted octanol–water partition coefficient (Wildman–Crippen LogP) is 2.61. The third kappa shape index (κ3) is 3.12. The summed E-state index contributed by atoms with van der Waals surface area (Å²) >= 11 is 0. The summed E-state index contributed by atoms with van der Waals surface area (Å²) in [6.45, 7) is 6.97. The molecular weight excluding hydrogens is 254 g/mol. The van der Waals surface area contributed by atoms with Gasteiger partial charge in [-0.05, 0) is 50.4 Å². The van der Waals surface area contributed by atoms with E-state index in [9.17, 15) is 4.79 Å². The first kappa shape index (κ1) is 14.9. The number of rotatable bonds is 6. The maximum absolute atomic E-state index is 11.7. The van der Waals surface area contributed by atoms with Crippen molar-refractivity contribution in [1.82, 2.24) is 5.32 Å². The number of hydrogen-bond donors (Lipinski definition) is 1. The molecule has 0 fully saturated rings. The van der Waals surface area contributed by atoms with E-state index in [0.29, 0.717) is 12.6 Å². The highest BCUT2D eigenvalue weighted by Crippen LogP contribution is 2.37. The van der Waals surface area contributed by atoms with E-state index in [2.05, 4.69) is 18.3 Å². The third-order valence-electron chi connectivity index (χ3n) is 3.60. The number of carbonyl (C=O) groups is 1. The lowest BCUT2D eigenvalue weighted by Crippen LogP contribution is -2.26. The standard InChI is InChI=1S/C16H23NO3/c1-4-17-14-10-9-13-12(14)7-6-8-15(13)20-11(3)16(18)19-5-2/h6-8,11,14,17H,4-5,9-10H2,1-3H3. The molecule has 2 unspecified atom stereocenters. The van der Waals surface area contributed by atoms with Gasteiger partial charge in [-0.15, -0.1) is 0 Å². The fourth-order valence-corrected chi connectivity index (χ4v) is 2.69. The molecule has 0 saturated carbocycles. The Morgan fingerprint density at radius 3 is 2.95 bits per heavy atom. The Bertz CT molecular complexity index is 473. The molecule has 0 spiro atoms. The predicted molar refractivity (Wildman–Crippen MR) is 77.9 cm³/mol. The lowest BCUT2D eigenvalue weighted by atomic mass is 10.1. The van der Waals surface area contributed by atoms with E-state index in [-0.39, 0.29) is 5.97 Å². The minimum atomic E-state index is -0.570. The van der Waals surface area contributed by atoms with E-state index in [1.165, 1.54) is 11.1 Å². The van der Waals surface area contributed by atoms with Crippen molar-refractivity contribution in [2.75, 3.05) is 13.2 Å². The van der Waals surface area contributed by atoms with Gasteiger partial charge in [0.15, 0.2) is 6.10 Å². The maximum Gasteiger partial charge on any atom is 0.347 e. The number of ether oxygens (including phenoxy) is 2. The zero-order chi connectivity index (χ0) is 14.5. The van der Waals surface area contributed by atoms with Crippen LogP contribution in [-0.2, 0) is 16.0 Å². The molecule has 4 heteroatoms. The highest BCUT2D eigenvalue weighted by molar-refractivity contribution is 5.74. The van der Waals surface area contributed by atoms with Crippen molar-refractivity contribution in [2.45, 2.75) is 45.8 Å². The molecule has 0 aromatic heterocycles. The molecule has 20 heavy (non-hydrogen) atoms. The van der Waals surface area contributed by atoms with E-state index in [1.54, 1.807) is 13.8 Å². The van der Waals surface area contributed by atoms with Gasteiger partial charge in [0, 0.05) is 6.04 Å². The van der Waals surface area contributed by atoms with Gasteiger partial charge >= 0.3 is 5.97 Å². The minimum Gasteiger partial charge on any atom is -0.479 e. The molecule has 4 nitrogen and oxygen atoms in total. The Morgan fingerprint density at radius 2 is 2.25 bits per heavy atom. The van der Waals surface area contributed by atoms with Crippen LogP contribution in [-0.4, -0.2) is 25.2 Å². The van der Waals surface area contributed by atoms with Crippen molar-refractivity contribution < 1.29 is 14.3 Å². The fraction of sp³-hybridized carbons (Fsp3) is 0.562. The van der Waals surface area contributed by atoms with Crippen LogP contribution in [0, 0.1) is 0 Å². The summed E-state index contributed by atoms with van der Waals surface area (Å²) in [6, 6.07) is 6.46. The van der Waals surface area contributed by atoms with Gasteiger partial charge in [0.2, 0.25) is 0 Å². The van der Waals surface area contributed by atoms with E-state index in [0.717, 1.165) is 25.1 Å². The van der Waals surface area contributed by atoms with Crippen molar-refractivity contribution in [3.05, 3.63) is 29.3 Å². The van der Waals surface area contributed by atoms with Crippen LogP contribution in [0.15, 0.2) is 18.2 Å². The quantitative estimate of drug-likeness (QED) is 0.812. The molecule has 1 aliphatic carbocycles. The van der Waals surface area contributed by atoms with Crippen molar-refractivity contribution >= 4 is 5.97 Å². The van der Waals surface area contributed by atoms with Crippen LogP contribution in [0.25, 0.3) is 0 Å². The molecule has 2 rings (SSSR count). The molecule has 0 aliphatic heterocycles. The molecule has 1 aromatic rings. The van der Waals surface area contributed by atoms with Gasteiger partial charge in [-0.3, -0.25) is 0 Å². The van der Waals surface area contributed by atoms with Crippen molar-refractivity contribution in [2.24, 2.45) is 0 Å². The van der Waals surface area contributed by atoms with E-state index >= 15 is 0 Å². The van der Waals surface area contributed by atoms with Gasteiger partial charge in [-0.25, -0.2) is 4.79 Å². The molecule has 1 aromatic carbocycles. The highest BCUT2D eigenvalue weighted by Gasteiger charge is 2.26. The number of fused-ring (bicyclic) bond motifs is 1. The van der Waals surface area contributed by atoms with E-state index in [1.807, 2.05) is 12.1 Å². The Balaban J connectivity index is 2.12. The number of carbonyl (C=O) groups excluding carboxylic acids is 1. The van der Waals surface area contributed by atoms with Crippen molar-refractivity contribution in [1.29, 1.82) is 0 Å². The first-order chi connectivity index (χ1) is 9.67. The number of hydrogen-bond acceptors (Lipinski definition) is 4. The molecule has 0 amide bonds. The van der Waals surface area contributed by atoms with Gasteiger partial charge in [0.1, 0.15) is 5.75 Å². The van der Waals surface area contributed by atoms with Crippen LogP contribution in [0.5, 0.6) is 5.75 Å². The molecular formula is C16H23NO3. The monoisotopic (exact) mass is 277 g/mol. The van der Waals surface area contributed by atoms with Gasteiger partial charge in [0.05, 0.1) is 6.61 Å². The zero-order valence-electron chi connectivity index (χ0n) is 12.4. The summed E-state index contributed by atoms with van der Waals surface area (Å²) in [7, 11) is 0. The summed E-state index contributed by atoms with van der Waals surface area (Å²) in [5, 5.41) is 3.48. The number of esters is 1. The van der Waals surface area contributed by atoms with Gasteiger partial charge in [0.25, 0.3) is 0 Å². The molecule has 0 radical (unpaired) electrons. The Hall–Kier alpha value is -1.55. The SMILES string of the molecule is CCNC1CCc2c(OC(C)C(=O)OCC)cccc21. The first-order valence-corrected chi connectivity index (χ1v) is 7.35. The summed E-state index contributed by atoms with van der Waals surface area (Å²) in [5.74, 6) is 0.495. The normalized spacial score (nSPS) is 18.4. The summed E-state index contributed by atoms with van der Waals surface area (Å²) in [6.07, 6.45) is 1.50. The van der Waals surface area contributed by atoms with Crippen molar-refractivity contribution in [3.8, 4) is 5.75 Å². The van der Waals surface area contributed by atoms with Crippen LogP contribution in [0.1, 0.15) is 44.4 Å². The molecule has 1 aliphatic rings.